The van der Waals surface area contributed by atoms with Gasteiger partial charge < -0.3 is 29.7 Å². The third-order valence-corrected chi connectivity index (χ3v) is 9.34. The number of fused-ring (bicyclic) bond motifs is 3. The molecule has 12 heteroatoms. The van der Waals surface area contributed by atoms with Gasteiger partial charge in [-0.15, -0.1) is 0 Å². The first kappa shape index (κ1) is 33.5. The van der Waals surface area contributed by atoms with Gasteiger partial charge in [-0.2, -0.15) is 0 Å². The van der Waals surface area contributed by atoms with Crippen LogP contribution < -0.4 is 10.6 Å². The molecular weight excluding hydrogens is 592 g/mol. The minimum atomic E-state index is -1.13. The monoisotopic (exact) mass is 640 g/mol. The highest BCUT2D eigenvalue weighted by atomic mass is 16.6. The van der Waals surface area contributed by atoms with Gasteiger partial charge in [0.1, 0.15) is 29.3 Å². The Labute approximate surface area is 270 Å². The smallest absolute Gasteiger partial charge is 0.410 e. The summed E-state index contributed by atoms with van der Waals surface area (Å²) in [5, 5.41) is 5.71. The quantitative estimate of drug-likeness (QED) is 0.369. The molecule has 3 aliphatic heterocycles. The molecule has 0 radical (unpaired) electrons. The van der Waals surface area contributed by atoms with E-state index in [0.717, 1.165) is 43.2 Å². The first-order valence-corrected chi connectivity index (χ1v) is 16.7. The van der Waals surface area contributed by atoms with Crippen molar-refractivity contribution in [3.8, 4) is 0 Å². The van der Waals surface area contributed by atoms with Crippen molar-refractivity contribution in [3.05, 3.63) is 35.4 Å². The molecule has 0 unspecified atom stereocenters. The summed E-state index contributed by atoms with van der Waals surface area (Å²) >= 11 is 0. The Morgan fingerprint density at radius 2 is 1.65 bits per heavy atom. The van der Waals surface area contributed by atoms with E-state index in [1.54, 1.807) is 32.6 Å². The van der Waals surface area contributed by atoms with Crippen molar-refractivity contribution in [1.82, 2.24) is 20.4 Å². The molecule has 12 nitrogen and oxygen atoms in total. The lowest BCUT2D eigenvalue weighted by atomic mass is 10.0. The van der Waals surface area contributed by atoms with Gasteiger partial charge >= 0.3 is 18.2 Å². The van der Waals surface area contributed by atoms with Crippen molar-refractivity contribution in [2.24, 2.45) is 5.92 Å². The Morgan fingerprint density at radius 1 is 1.00 bits per heavy atom. The molecule has 46 heavy (non-hydrogen) atoms. The minimum absolute atomic E-state index is 0.0220. The molecule has 2 saturated heterocycles. The van der Waals surface area contributed by atoms with Crippen LogP contribution in [0.15, 0.2) is 24.3 Å². The largest absolute Gasteiger partial charge is 0.464 e. The highest BCUT2D eigenvalue weighted by Crippen LogP contribution is 2.48. The Morgan fingerprint density at radius 3 is 2.30 bits per heavy atom. The molecule has 2 N–H and O–H groups in total. The molecule has 252 valence electrons. The summed E-state index contributed by atoms with van der Waals surface area (Å²) in [5.74, 6) is -1.46. The van der Waals surface area contributed by atoms with Crippen LogP contribution in [0.2, 0.25) is 0 Å². The number of alkyl carbamates (subject to hydrolysis) is 1. The van der Waals surface area contributed by atoms with E-state index in [2.05, 4.69) is 10.6 Å². The zero-order valence-electron chi connectivity index (χ0n) is 27.5. The molecule has 1 saturated carbocycles. The third kappa shape index (κ3) is 7.75. The summed E-state index contributed by atoms with van der Waals surface area (Å²) < 4.78 is 16.7. The SMILES string of the molecule is CCOC(=O)[C@@]12C[C@H]1CCCCCCC[C@H](NC(=O)OC(C)(C)C)C(=O)N1C[C@H](OC(=O)N3Cc4ccccc4C3)C[C@H]1C(=O)N2. The summed E-state index contributed by atoms with van der Waals surface area (Å²) in [6.07, 6.45) is 4.08. The standard InChI is InChI=1S/C34H48N4O8/c1-5-44-30(41)34-18-24(34)15-9-7-6-8-10-16-26(35-31(42)46-33(2,3)4)29(40)38-21-25(17-27(38)28(39)36-34)45-32(43)37-19-22-13-11-12-14-23(22)20-37/h11-14,24-27H,5-10,15-21H2,1-4H3,(H,35,42)(H,36,39)/t24-,25-,26+,27+,34-/m1/s1. The second kappa shape index (κ2) is 13.9. The number of ether oxygens (including phenoxy) is 3. The van der Waals surface area contributed by atoms with Gasteiger partial charge in [0.25, 0.3) is 0 Å². The predicted octanol–water partition coefficient (Wildman–Crippen LogP) is 4.18. The second-order valence-corrected chi connectivity index (χ2v) is 14.0. The number of benzene rings is 1. The van der Waals surface area contributed by atoms with Crippen LogP contribution in [0.1, 0.15) is 96.6 Å². The fraction of sp³-hybridized carbons (Fsp3) is 0.676. The first-order valence-electron chi connectivity index (χ1n) is 16.7. The minimum Gasteiger partial charge on any atom is -0.464 e. The van der Waals surface area contributed by atoms with E-state index in [-0.39, 0.29) is 25.5 Å². The number of hydrogen-bond acceptors (Lipinski definition) is 8. The van der Waals surface area contributed by atoms with Crippen LogP contribution in [0.25, 0.3) is 0 Å². The molecular formula is C34H48N4O8. The van der Waals surface area contributed by atoms with Gasteiger partial charge in [0, 0.05) is 19.5 Å². The van der Waals surface area contributed by atoms with Crippen molar-refractivity contribution in [1.29, 1.82) is 0 Å². The normalized spacial score (nSPS) is 28.4. The van der Waals surface area contributed by atoms with E-state index in [1.165, 1.54) is 4.90 Å². The number of amides is 4. The fourth-order valence-corrected chi connectivity index (χ4v) is 6.93. The Balaban J connectivity index is 1.37. The fourth-order valence-electron chi connectivity index (χ4n) is 6.93. The zero-order chi connectivity index (χ0) is 33.1. The number of nitrogens with zero attached hydrogens (tertiary/aromatic N) is 2. The zero-order valence-corrected chi connectivity index (χ0v) is 27.5. The van der Waals surface area contributed by atoms with E-state index in [0.29, 0.717) is 32.4 Å². The lowest BCUT2D eigenvalue weighted by Gasteiger charge is -2.30. The molecule has 0 spiro atoms. The molecule has 1 aliphatic carbocycles. The molecule has 5 rings (SSSR count). The Hall–Kier alpha value is -3.83. The number of carbonyl (C=O) groups is 5. The maximum absolute atomic E-state index is 14.2. The van der Waals surface area contributed by atoms with Crippen molar-refractivity contribution >= 4 is 30.0 Å². The maximum Gasteiger partial charge on any atom is 0.410 e. The lowest BCUT2D eigenvalue weighted by Crippen LogP contribution is -2.56. The lowest BCUT2D eigenvalue weighted by molar-refractivity contribution is -0.150. The summed E-state index contributed by atoms with van der Waals surface area (Å²) in [5.41, 5.74) is 0.200. The van der Waals surface area contributed by atoms with E-state index in [1.807, 2.05) is 24.3 Å². The van der Waals surface area contributed by atoms with Crippen molar-refractivity contribution < 1.29 is 38.2 Å². The average molecular weight is 641 g/mol. The average Bonchev–Trinajstić information content (AvgIpc) is 3.31. The summed E-state index contributed by atoms with van der Waals surface area (Å²) in [7, 11) is 0. The highest BCUT2D eigenvalue weighted by Gasteiger charge is 2.62. The number of hydrogen-bond donors (Lipinski definition) is 2. The van der Waals surface area contributed by atoms with E-state index < -0.39 is 59.3 Å². The maximum atomic E-state index is 14.2. The molecule has 0 bridgehead atoms. The predicted molar refractivity (Wildman–Crippen MR) is 167 cm³/mol. The van der Waals surface area contributed by atoms with Gasteiger partial charge in [-0.25, -0.2) is 14.4 Å². The molecule has 3 fully saturated rings. The topological polar surface area (TPSA) is 144 Å². The molecule has 4 aliphatic rings. The van der Waals surface area contributed by atoms with Crippen LogP contribution in [-0.2, 0) is 41.7 Å². The molecule has 3 heterocycles. The van der Waals surface area contributed by atoms with E-state index >= 15 is 0 Å². The molecule has 4 amide bonds. The van der Waals surface area contributed by atoms with Crippen molar-refractivity contribution in [3.63, 3.8) is 0 Å². The van der Waals surface area contributed by atoms with Gasteiger partial charge in [-0.3, -0.25) is 14.5 Å². The van der Waals surface area contributed by atoms with E-state index in [9.17, 15) is 24.0 Å². The van der Waals surface area contributed by atoms with Crippen LogP contribution in [0.4, 0.5) is 9.59 Å². The Bertz CT molecular complexity index is 1300. The van der Waals surface area contributed by atoms with Gasteiger partial charge in [0.15, 0.2) is 0 Å². The third-order valence-electron chi connectivity index (χ3n) is 9.34. The number of nitrogens with one attached hydrogen (secondary N) is 2. The summed E-state index contributed by atoms with van der Waals surface area (Å²) in [6.45, 7) is 7.96. The van der Waals surface area contributed by atoms with Crippen molar-refractivity contribution in [2.75, 3.05) is 13.2 Å². The van der Waals surface area contributed by atoms with Gasteiger partial charge in [0.05, 0.1) is 13.2 Å². The highest BCUT2D eigenvalue weighted by molar-refractivity contribution is 5.96. The molecule has 0 aromatic heterocycles. The number of esters is 1. The van der Waals surface area contributed by atoms with Crippen LogP contribution in [0.3, 0.4) is 0 Å². The second-order valence-electron chi connectivity index (χ2n) is 14.0. The first-order chi connectivity index (χ1) is 21.9. The van der Waals surface area contributed by atoms with Gasteiger partial charge in [0.2, 0.25) is 11.8 Å². The Kier molecular flexibility index (Phi) is 10.1. The van der Waals surface area contributed by atoms with Gasteiger partial charge in [-0.05, 0) is 64.0 Å². The molecule has 5 atom stereocenters. The molecule has 1 aromatic carbocycles. The van der Waals surface area contributed by atoms with Gasteiger partial charge in [-0.1, -0.05) is 56.4 Å². The van der Waals surface area contributed by atoms with E-state index in [4.69, 9.17) is 14.2 Å². The molecule has 1 aromatic rings. The van der Waals surface area contributed by atoms with Crippen LogP contribution in [0.5, 0.6) is 0 Å². The van der Waals surface area contributed by atoms with Crippen LogP contribution >= 0.6 is 0 Å². The summed E-state index contributed by atoms with van der Waals surface area (Å²) in [4.78, 5) is 70.4. The van der Waals surface area contributed by atoms with Crippen LogP contribution in [0, 0.1) is 5.92 Å². The number of carbonyl (C=O) groups excluding carboxylic acids is 5. The number of rotatable bonds is 4. The summed E-state index contributed by atoms with van der Waals surface area (Å²) in [6, 6.07) is 5.85. The van der Waals surface area contributed by atoms with Crippen LogP contribution in [-0.4, -0.2) is 82.2 Å². The van der Waals surface area contributed by atoms with Crippen molar-refractivity contribution in [2.45, 2.75) is 128 Å².